The van der Waals surface area contributed by atoms with E-state index >= 15 is 0 Å². The van der Waals surface area contributed by atoms with E-state index in [4.69, 9.17) is 9.47 Å². The Balaban J connectivity index is 2.06. The van der Waals surface area contributed by atoms with E-state index in [0.29, 0.717) is 12.4 Å². The second kappa shape index (κ2) is 9.11. The molecule has 1 aliphatic rings. The summed E-state index contributed by atoms with van der Waals surface area (Å²) in [5.41, 5.74) is 0.809. The number of aliphatic hydroxyl groups excluding tert-OH is 1. The van der Waals surface area contributed by atoms with Gasteiger partial charge in [-0.15, -0.1) is 0 Å². The number of benzene rings is 1. The Labute approximate surface area is 139 Å². The fourth-order valence-corrected chi connectivity index (χ4v) is 2.96. The van der Waals surface area contributed by atoms with Gasteiger partial charge < -0.3 is 24.8 Å². The van der Waals surface area contributed by atoms with Gasteiger partial charge in [0.2, 0.25) is 0 Å². The minimum Gasteiger partial charge on any atom is -0.496 e. The van der Waals surface area contributed by atoms with Crippen LogP contribution in [0.1, 0.15) is 31.9 Å². The first-order valence-electron chi connectivity index (χ1n) is 8.57. The van der Waals surface area contributed by atoms with E-state index < -0.39 is 6.10 Å². The molecule has 0 amide bonds. The van der Waals surface area contributed by atoms with Crippen LogP contribution >= 0.6 is 0 Å². The topological polar surface area (TPSA) is 54.0 Å². The molecule has 0 bridgehead atoms. The van der Waals surface area contributed by atoms with E-state index in [1.165, 1.54) is 0 Å². The maximum Gasteiger partial charge on any atom is 0.124 e. The van der Waals surface area contributed by atoms with Crippen molar-refractivity contribution in [1.82, 2.24) is 10.2 Å². The van der Waals surface area contributed by atoms with Gasteiger partial charge in [0, 0.05) is 38.3 Å². The average Bonchev–Trinajstić information content (AvgIpc) is 2.59. The molecule has 2 N–H and O–H groups in total. The summed E-state index contributed by atoms with van der Waals surface area (Å²) in [6.45, 7) is 9.84. The van der Waals surface area contributed by atoms with Crippen molar-refractivity contribution in [2.24, 2.45) is 5.92 Å². The molecule has 0 spiro atoms. The molecule has 0 saturated carbocycles. The van der Waals surface area contributed by atoms with Gasteiger partial charge in [0.1, 0.15) is 11.5 Å². The summed E-state index contributed by atoms with van der Waals surface area (Å²) in [6, 6.07) is 5.68. The highest BCUT2D eigenvalue weighted by molar-refractivity contribution is 5.42. The Kier molecular flexibility index (Phi) is 7.15. The lowest BCUT2D eigenvalue weighted by Gasteiger charge is -2.31. The molecule has 0 radical (unpaired) electrons. The van der Waals surface area contributed by atoms with Gasteiger partial charge in [-0.05, 0) is 30.5 Å². The van der Waals surface area contributed by atoms with Crippen molar-refractivity contribution in [3.05, 3.63) is 23.8 Å². The summed E-state index contributed by atoms with van der Waals surface area (Å²) in [5.74, 6) is 1.63. The van der Waals surface area contributed by atoms with Crippen LogP contribution in [0.15, 0.2) is 18.2 Å². The van der Waals surface area contributed by atoms with Crippen LogP contribution in [-0.4, -0.2) is 56.4 Å². The second-order valence-corrected chi connectivity index (χ2v) is 6.22. The maximum absolute atomic E-state index is 10.8. The van der Waals surface area contributed by atoms with Crippen LogP contribution in [0.25, 0.3) is 0 Å². The van der Waals surface area contributed by atoms with E-state index in [-0.39, 0.29) is 5.92 Å². The lowest BCUT2D eigenvalue weighted by Crippen LogP contribution is -2.45. The monoisotopic (exact) mass is 322 g/mol. The smallest absolute Gasteiger partial charge is 0.124 e. The van der Waals surface area contributed by atoms with Crippen molar-refractivity contribution in [1.29, 1.82) is 0 Å². The van der Waals surface area contributed by atoms with Crippen LogP contribution in [0.2, 0.25) is 0 Å². The molecule has 2 rings (SSSR count). The van der Waals surface area contributed by atoms with Crippen molar-refractivity contribution in [2.45, 2.75) is 26.4 Å². The summed E-state index contributed by atoms with van der Waals surface area (Å²) in [5, 5.41) is 14.2. The Morgan fingerprint density at radius 3 is 2.70 bits per heavy atom. The van der Waals surface area contributed by atoms with Crippen LogP contribution in [0.3, 0.4) is 0 Å². The predicted octanol–water partition coefficient (Wildman–Crippen LogP) is 2.06. The molecule has 1 heterocycles. The third-order valence-corrected chi connectivity index (χ3v) is 4.29. The molecule has 1 aliphatic heterocycles. The van der Waals surface area contributed by atoms with E-state index in [1.807, 2.05) is 18.2 Å². The first-order chi connectivity index (χ1) is 11.2. The molecule has 23 heavy (non-hydrogen) atoms. The number of hydrogen-bond acceptors (Lipinski definition) is 5. The zero-order valence-corrected chi connectivity index (χ0v) is 14.5. The van der Waals surface area contributed by atoms with Gasteiger partial charge in [0.25, 0.3) is 0 Å². The Morgan fingerprint density at radius 1 is 1.30 bits per heavy atom. The fraction of sp³-hybridized carbons (Fsp3) is 0.667. The van der Waals surface area contributed by atoms with Crippen LogP contribution < -0.4 is 14.8 Å². The molecule has 1 aromatic carbocycles. The van der Waals surface area contributed by atoms with Crippen molar-refractivity contribution >= 4 is 0 Å². The van der Waals surface area contributed by atoms with Crippen LogP contribution in [0.5, 0.6) is 11.5 Å². The molecule has 130 valence electrons. The molecule has 1 aromatic rings. The summed E-state index contributed by atoms with van der Waals surface area (Å²) < 4.78 is 11.1. The number of methoxy groups -OCH3 is 1. The van der Waals surface area contributed by atoms with Gasteiger partial charge in [0.05, 0.1) is 19.8 Å². The molecule has 5 nitrogen and oxygen atoms in total. The van der Waals surface area contributed by atoms with Gasteiger partial charge in [-0.2, -0.15) is 0 Å². The molecule has 2 atom stereocenters. The lowest BCUT2D eigenvalue weighted by molar-refractivity contribution is 0.0819. The van der Waals surface area contributed by atoms with Gasteiger partial charge in [0.15, 0.2) is 0 Å². The summed E-state index contributed by atoms with van der Waals surface area (Å²) in [6.07, 6.45) is 0.397. The van der Waals surface area contributed by atoms with Crippen molar-refractivity contribution in [2.75, 3.05) is 46.4 Å². The number of nitrogens with zero attached hydrogens (tertiary/aromatic N) is 1. The normalized spacial score (nSPS) is 18.4. The van der Waals surface area contributed by atoms with Crippen molar-refractivity contribution in [3.8, 4) is 11.5 Å². The molecular formula is C18H30N2O3. The highest BCUT2D eigenvalue weighted by Gasteiger charge is 2.23. The largest absolute Gasteiger partial charge is 0.496 e. The number of hydrogen-bond donors (Lipinski definition) is 2. The lowest BCUT2D eigenvalue weighted by atomic mass is 9.95. The van der Waals surface area contributed by atoms with Crippen LogP contribution in [-0.2, 0) is 0 Å². The molecular weight excluding hydrogens is 292 g/mol. The predicted molar refractivity (Wildman–Crippen MR) is 92.2 cm³/mol. The van der Waals surface area contributed by atoms with Gasteiger partial charge >= 0.3 is 0 Å². The quantitative estimate of drug-likeness (QED) is 0.767. The maximum atomic E-state index is 10.8. The highest BCUT2D eigenvalue weighted by Crippen LogP contribution is 2.33. The van der Waals surface area contributed by atoms with Gasteiger partial charge in [-0.25, -0.2) is 0 Å². The average molecular weight is 322 g/mol. The second-order valence-electron chi connectivity index (χ2n) is 6.22. The minimum atomic E-state index is -0.565. The number of nitrogens with one attached hydrogen (secondary N) is 1. The standard InChI is InChI=1S/C18H30N2O3/c1-4-11-23-15-5-6-17(22-3)16(12-15)18(21)14(2)13-20-9-7-19-8-10-20/h5-6,12,14,18-19,21H,4,7-11,13H2,1-3H3. The summed E-state index contributed by atoms with van der Waals surface area (Å²) in [4.78, 5) is 2.40. The fourth-order valence-electron chi connectivity index (χ4n) is 2.96. The van der Waals surface area contributed by atoms with Gasteiger partial charge in [-0.3, -0.25) is 0 Å². The van der Waals surface area contributed by atoms with Crippen molar-refractivity contribution < 1.29 is 14.6 Å². The Morgan fingerprint density at radius 2 is 2.04 bits per heavy atom. The van der Waals surface area contributed by atoms with E-state index in [0.717, 1.165) is 50.5 Å². The summed E-state index contributed by atoms with van der Waals surface area (Å²) >= 11 is 0. The molecule has 1 saturated heterocycles. The number of ether oxygens (including phenoxy) is 2. The van der Waals surface area contributed by atoms with E-state index in [2.05, 4.69) is 24.1 Å². The highest BCUT2D eigenvalue weighted by atomic mass is 16.5. The third-order valence-electron chi connectivity index (χ3n) is 4.29. The zero-order valence-electron chi connectivity index (χ0n) is 14.5. The first kappa shape index (κ1) is 18.0. The molecule has 0 aliphatic carbocycles. The zero-order chi connectivity index (χ0) is 16.7. The van der Waals surface area contributed by atoms with Crippen molar-refractivity contribution in [3.63, 3.8) is 0 Å². The third kappa shape index (κ3) is 5.09. The molecule has 2 unspecified atom stereocenters. The number of aliphatic hydroxyl groups is 1. The minimum absolute atomic E-state index is 0.128. The summed E-state index contributed by atoms with van der Waals surface area (Å²) in [7, 11) is 1.64. The number of rotatable bonds is 8. The Hall–Kier alpha value is -1.30. The molecule has 0 aromatic heterocycles. The molecule has 5 heteroatoms. The van der Waals surface area contributed by atoms with Crippen LogP contribution in [0.4, 0.5) is 0 Å². The number of piperazine rings is 1. The van der Waals surface area contributed by atoms with Gasteiger partial charge in [-0.1, -0.05) is 13.8 Å². The van der Waals surface area contributed by atoms with E-state index in [9.17, 15) is 5.11 Å². The van der Waals surface area contributed by atoms with Crippen LogP contribution in [0, 0.1) is 5.92 Å². The molecule has 1 fully saturated rings. The SMILES string of the molecule is CCCOc1ccc(OC)c(C(O)C(C)CN2CCNCC2)c1. The first-order valence-corrected chi connectivity index (χ1v) is 8.57. The van der Waals surface area contributed by atoms with E-state index in [1.54, 1.807) is 7.11 Å². The Bertz CT molecular complexity index is 475.